The Kier molecular flexibility index (Phi) is 8.96. The van der Waals surface area contributed by atoms with Crippen LogP contribution in [-0.4, -0.2) is 0 Å². The quantitative estimate of drug-likeness (QED) is 0.143. The van der Waals surface area contributed by atoms with Crippen LogP contribution in [0.1, 0.15) is 0 Å². The molecule has 50 heavy (non-hydrogen) atoms. The topological polar surface area (TPSA) is 0 Å². The summed E-state index contributed by atoms with van der Waals surface area (Å²) in [7, 11) is -3.45. The summed E-state index contributed by atoms with van der Waals surface area (Å²) in [5.74, 6) is 0. The Hall–Kier alpha value is -5.54. The van der Waals surface area contributed by atoms with Crippen molar-refractivity contribution in [3.8, 4) is 11.1 Å². The molecule has 8 aromatic rings. The third-order valence-corrected chi connectivity index (χ3v) is 17.2. The van der Waals surface area contributed by atoms with E-state index in [4.69, 9.17) is 0 Å². The van der Waals surface area contributed by atoms with Gasteiger partial charge in [0.2, 0.25) is 0 Å². The second-order valence-corrected chi connectivity index (χ2v) is 18.4. The standard InChI is InChI=1S/C48H38S2/c1-7-19-41(20-8-1)49(42-21-9-2-10-22-42,43-23-11-3-12-24-43)47-35-31-39(32-36-47)40-33-37-48(38-34-40)50(44-25-13-4-14-26-44,45-27-15-5-16-28-45)46-29-17-6-18-30-46/h1-38H. The molecule has 0 aromatic heterocycles. The third kappa shape index (κ3) is 5.57. The van der Waals surface area contributed by atoms with Crippen molar-refractivity contribution in [2.24, 2.45) is 0 Å². The summed E-state index contributed by atoms with van der Waals surface area (Å²) < 4.78 is 0. The Morgan fingerprint density at radius 2 is 0.320 bits per heavy atom. The molecule has 0 bridgehead atoms. The summed E-state index contributed by atoms with van der Waals surface area (Å²) >= 11 is 0. The molecule has 0 radical (unpaired) electrons. The molecule has 0 unspecified atom stereocenters. The molecule has 0 nitrogen and oxygen atoms in total. The molecule has 8 rings (SSSR count). The first-order valence-corrected chi connectivity index (χ1v) is 20.3. The second-order valence-electron chi connectivity index (χ2n) is 12.2. The molecule has 0 aliphatic carbocycles. The number of hydrogen-bond acceptors (Lipinski definition) is 0. The maximum absolute atomic E-state index is 2.36. The normalized spacial score (nSPS) is 12.2. The molecule has 0 aliphatic heterocycles. The van der Waals surface area contributed by atoms with Gasteiger partial charge in [-0.1, -0.05) is 133 Å². The van der Waals surface area contributed by atoms with Crippen molar-refractivity contribution in [1.29, 1.82) is 0 Å². The molecule has 0 N–H and O–H groups in total. The number of benzene rings is 8. The van der Waals surface area contributed by atoms with E-state index in [9.17, 15) is 0 Å². The Morgan fingerprint density at radius 1 is 0.160 bits per heavy atom. The van der Waals surface area contributed by atoms with E-state index in [1.54, 1.807) is 0 Å². The minimum absolute atomic E-state index is 1.21. The fourth-order valence-electron chi connectivity index (χ4n) is 7.08. The molecular formula is C48H38S2. The maximum atomic E-state index is 2.36. The monoisotopic (exact) mass is 678 g/mol. The lowest BCUT2D eigenvalue weighted by molar-refractivity contribution is 1.24. The highest BCUT2D eigenvalue weighted by atomic mass is 32.3. The smallest absolute Gasteiger partial charge is 0.00233 e. The highest BCUT2D eigenvalue weighted by Crippen LogP contribution is 2.74. The van der Waals surface area contributed by atoms with Crippen LogP contribution in [0.5, 0.6) is 0 Å². The molecular weight excluding hydrogens is 641 g/mol. The summed E-state index contributed by atoms with van der Waals surface area (Å²) in [5, 5.41) is 0. The van der Waals surface area contributed by atoms with E-state index < -0.39 is 20.1 Å². The van der Waals surface area contributed by atoms with Crippen LogP contribution in [0, 0.1) is 0 Å². The second kappa shape index (κ2) is 14.1. The van der Waals surface area contributed by atoms with Gasteiger partial charge in [0.25, 0.3) is 0 Å². The summed E-state index contributed by atoms with van der Waals surface area (Å²) in [6, 6.07) is 84.9. The van der Waals surface area contributed by atoms with Crippen molar-refractivity contribution in [1.82, 2.24) is 0 Å². The van der Waals surface area contributed by atoms with Gasteiger partial charge < -0.3 is 0 Å². The maximum Gasteiger partial charge on any atom is 0.00233 e. The molecule has 2 heteroatoms. The SMILES string of the molecule is c1ccc(S(c2ccccc2)(c2ccccc2)c2ccc(-c3ccc(S(c4ccccc4)(c4ccccc4)c4ccccc4)cc3)cc2)cc1. The minimum Gasteiger partial charge on any atom is -0.133 e. The summed E-state index contributed by atoms with van der Waals surface area (Å²) in [6.45, 7) is 0. The van der Waals surface area contributed by atoms with Crippen molar-refractivity contribution >= 4 is 20.1 Å². The van der Waals surface area contributed by atoms with E-state index in [0.29, 0.717) is 0 Å². The first-order chi connectivity index (χ1) is 24.8. The number of rotatable bonds is 9. The fraction of sp³-hybridized carbons (Fsp3) is 0. The first-order valence-electron chi connectivity index (χ1n) is 17.0. The van der Waals surface area contributed by atoms with Gasteiger partial charge in [0.15, 0.2) is 0 Å². The van der Waals surface area contributed by atoms with E-state index in [1.807, 2.05) is 0 Å². The van der Waals surface area contributed by atoms with Crippen LogP contribution in [0.2, 0.25) is 0 Å². The summed E-state index contributed by atoms with van der Waals surface area (Å²) in [5.41, 5.74) is 2.42. The van der Waals surface area contributed by atoms with Gasteiger partial charge in [-0.2, -0.15) is 0 Å². The Labute approximate surface area is 299 Å². The van der Waals surface area contributed by atoms with Crippen LogP contribution in [0.4, 0.5) is 0 Å². The molecule has 242 valence electrons. The summed E-state index contributed by atoms with van der Waals surface area (Å²) in [6.07, 6.45) is 0. The van der Waals surface area contributed by atoms with E-state index in [1.165, 1.54) is 50.3 Å². The molecule has 0 spiro atoms. The van der Waals surface area contributed by atoms with Crippen molar-refractivity contribution in [3.63, 3.8) is 0 Å². The lowest BCUT2D eigenvalue weighted by Gasteiger charge is -2.42. The van der Waals surface area contributed by atoms with Gasteiger partial charge in [-0.25, -0.2) is 0 Å². The molecule has 0 heterocycles. The highest BCUT2D eigenvalue weighted by Gasteiger charge is 2.34. The third-order valence-electron chi connectivity index (χ3n) is 9.33. The molecule has 0 fully saturated rings. The lowest BCUT2D eigenvalue weighted by atomic mass is 10.1. The van der Waals surface area contributed by atoms with E-state index in [-0.39, 0.29) is 0 Å². The molecule has 0 saturated heterocycles. The average Bonchev–Trinajstić information content (AvgIpc) is 3.22. The largest absolute Gasteiger partial charge is 0.133 e. The molecule has 0 amide bonds. The predicted molar refractivity (Wildman–Crippen MR) is 212 cm³/mol. The lowest BCUT2D eigenvalue weighted by Crippen LogP contribution is -2.05. The van der Waals surface area contributed by atoms with Crippen LogP contribution in [-0.2, 0) is 0 Å². The van der Waals surface area contributed by atoms with Gasteiger partial charge in [0.1, 0.15) is 0 Å². The zero-order valence-corrected chi connectivity index (χ0v) is 29.4. The van der Waals surface area contributed by atoms with Gasteiger partial charge in [-0.3, -0.25) is 0 Å². The van der Waals surface area contributed by atoms with E-state index in [0.717, 1.165) is 0 Å². The summed E-state index contributed by atoms with van der Waals surface area (Å²) in [4.78, 5) is 10.6. The van der Waals surface area contributed by atoms with E-state index >= 15 is 0 Å². The molecule has 0 saturated carbocycles. The fourth-order valence-corrected chi connectivity index (χ4v) is 14.8. The van der Waals surface area contributed by atoms with Gasteiger partial charge >= 0.3 is 0 Å². The molecule has 8 aromatic carbocycles. The number of hydrogen-bond donors (Lipinski definition) is 0. The van der Waals surface area contributed by atoms with Crippen LogP contribution in [0.25, 0.3) is 11.1 Å². The van der Waals surface area contributed by atoms with Crippen molar-refractivity contribution < 1.29 is 0 Å². The van der Waals surface area contributed by atoms with Crippen molar-refractivity contribution in [3.05, 3.63) is 231 Å². The van der Waals surface area contributed by atoms with Crippen molar-refractivity contribution in [2.75, 3.05) is 0 Å². The van der Waals surface area contributed by atoms with Crippen LogP contribution >= 0.6 is 20.1 Å². The first kappa shape index (κ1) is 31.7. The van der Waals surface area contributed by atoms with Crippen LogP contribution < -0.4 is 0 Å². The molecule has 0 aliphatic rings. The highest BCUT2D eigenvalue weighted by molar-refractivity contribution is 8.34. The van der Waals surface area contributed by atoms with Crippen LogP contribution in [0.15, 0.2) is 270 Å². The Balaban J connectivity index is 1.25. The zero-order chi connectivity index (χ0) is 33.6. The zero-order valence-electron chi connectivity index (χ0n) is 27.8. The predicted octanol–water partition coefficient (Wildman–Crippen LogP) is 14.0. The minimum atomic E-state index is -1.72. The Morgan fingerprint density at radius 3 is 0.500 bits per heavy atom. The van der Waals surface area contributed by atoms with Crippen molar-refractivity contribution in [2.45, 2.75) is 39.2 Å². The average molecular weight is 679 g/mol. The van der Waals surface area contributed by atoms with Gasteiger partial charge in [0, 0.05) is 39.2 Å². The van der Waals surface area contributed by atoms with Crippen LogP contribution in [0.3, 0.4) is 0 Å². The Bertz CT molecular complexity index is 1890. The van der Waals surface area contributed by atoms with Gasteiger partial charge in [-0.15, -0.1) is 20.1 Å². The van der Waals surface area contributed by atoms with Gasteiger partial charge in [0.05, 0.1) is 0 Å². The van der Waals surface area contributed by atoms with E-state index in [2.05, 4.69) is 231 Å². The molecule has 0 atom stereocenters. The van der Waals surface area contributed by atoms with Gasteiger partial charge in [-0.05, 0) is 108 Å².